The largest absolute Gasteiger partial charge is 0.481 e. The van der Waals surface area contributed by atoms with E-state index in [9.17, 15) is 14.4 Å². The van der Waals surface area contributed by atoms with Gasteiger partial charge in [-0.05, 0) is 28.7 Å². The second kappa shape index (κ2) is 9.23. The number of carboxylic acids is 1. The summed E-state index contributed by atoms with van der Waals surface area (Å²) < 4.78 is 5.38. The monoisotopic (exact) mass is 396 g/mol. The van der Waals surface area contributed by atoms with Gasteiger partial charge in [0.15, 0.2) is 0 Å². The molecule has 2 aromatic rings. The molecule has 2 N–H and O–H groups in total. The van der Waals surface area contributed by atoms with E-state index in [1.54, 1.807) is 7.05 Å². The lowest BCUT2D eigenvalue weighted by molar-refractivity contribution is -0.137. The highest BCUT2D eigenvalue weighted by atomic mass is 16.5. The van der Waals surface area contributed by atoms with Crippen LogP contribution in [0, 0.1) is 0 Å². The molecule has 7 nitrogen and oxygen atoms in total. The van der Waals surface area contributed by atoms with Gasteiger partial charge in [-0.1, -0.05) is 48.5 Å². The molecule has 0 unspecified atom stereocenters. The molecule has 0 saturated carbocycles. The lowest BCUT2D eigenvalue weighted by Crippen LogP contribution is -2.39. The van der Waals surface area contributed by atoms with Crippen molar-refractivity contribution in [3.8, 4) is 11.1 Å². The maximum atomic E-state index is 12.1. The molecule has 0 bridgehead atoms. The Morgan fingerprint density at radius 2 is 1.62 bits per heavy atom. The zero-order valence-corrected chi connectivity index (χ0v) is 16.3. The van der Waals surface area contributed by atoms with Gasteiger partial charge >= 0.3 is 12.1 Å². The first-order chi connectivity index (χ1) is 14.0. The summed E-state index contributed by atoms with van der Waals surface area (Å²) in [5.41, 5.74) is 4.54. The molecule has 1 aliphatic carbocycles. The van der Waals surface area contributed by atoms with Gasteiger partial charge in [0.25, 0.3) is 0 Å². The highest BCUT2D eigenvalue weighted by Crippen LogP contribution is 2.44. The summed E-state index contributed by atoms with van der Waals surface area (Å²) >= 11 is 0. The number of alkyl carbamates (subject to hydrolysis) is 1. The van der Waals surface area contributed by atoms with Crippen LogP contribution in [-0.2, 0) is 14.3 Å². The van der Waals surface area contributed by atoms with Gasteiger partial charge in [0.1, 0.15) is 13.2 Å². The lowest BCUT2D eigenvalue weighted by atomic mass is 9.98. The number of rotatable bonds is 8. The standard InChI is InChI=1S/C22H24N2O5/c1-24(12-6-11-21(26)27)20(25)13-23-22(28)29-14-19-17-9-4-2-7-15(17)16-8-3-5-10-18(16)19/h2-5,7-10,19H,6,11-14H2,1H3,(H,23,28)(H,26,27). The van der Waals surface area contributed by atoms with E-state index in [0.29, 0.717) is 13.0 Å². The highest BCUT2D eigenvalue weighted by Gasteiger charge is 2.29. The second-order valence-electron chi connectivity index (χ2n) is 6.99. The number of likely N-dealkylation sites (N-methyl/N-ethyl adjacent to an activating group) is 1. The van der Waals surface area contributed by atoms with Crippen molar-refractivity contribution in [3.05, 3.63) is 59.7 Å². The molecule has 0 saturated heterocycles. The number of carbonyl (C=O) groups excluding carboxylic acids is 2. The number of hydrogen-bond acceptors (Lipinski definition) is 4. The van der Waals surface area contributed by atoms with Crippen molar-refractivity contribution < 1.29 is 24.2 Å². The van der Waals surface area contributed by atoms with E-state index in [2.05, 4.69) is 17.4 Å². The van der Waals surface area contributed by atoms with Crippen molar-refractivity contribution in [1.82, 2.24) is 10.2 Å². The number of fused-ring (bicyclic) bond motifs is 3. The van der Waals surface area contributed by atoms with E-state index in [-0.39, 0.29) is 31.4 Å². The number of nitrogens with zero attached hydrogens (tertiary/aromatic N) is 1. The number of ether oxygens (including phenoxy) is 1. The third kappa shape index (κ3) is 4.93. The summed E-state index contributed by atoms with van der Waals surface area (Å²) in [6.07, 6.45) is -0.293. The van der Waals surface area contributed by atoms with Gasteiger partial charge in [-0.3, -0.25) is 9.59 Å². The Bertz CT molecular complexity index is 866. The first-order valence-electron chi connectivity index (χ1n) is 9.52. The van der Waals surface area contributed by atoms with Gasteiger partial charge in [0, 0.05) is 25.9 Å². The minimum absolute atomic E-state index is 0.00255. The molecule has 0 radical (unpaired) electrons. The summed E-state index contributed by atoms with van der Waals surface area (Å²) in [5, 5.41) is 11.1. The minimum atomic E-state index is -0.900. The van der Waals surface area contributed by atoms with Crippen LogP contribution in [-0.4, -0.2) is 54.7 Å². The van der Waals surface area contributed by atoms with Crippen LogP contribution >= 0.6 is 0 Å². The number of carboxylic acid groups (broad SMARTS) is 1. The summed E-state index contributed by atoms with van der Waals surface area (Å²) in [6, 6.07) is 16.1. The summed E-state index contributed by atoms with van der Waals surface area (Å²) in [4.78, 5) is 36.0. The zero-order valence-electron chi connectivity index (χ0n) is 16.3. The number of benzene rings is 2. The molecule has 0 aliphatic heterocycles. The fourth-order valence-electron chi connectivity index (χ4n) is 3.52. The molecule has 0 fully saturated rings. The Morgan fingerprint density at radius 3 is 2.21 bits per heavy atom. The first-order valence-corrected chi connectivity index (χ1v) is 9.52. The average molecular weight is 396 g/mol. The topological polar surface area (TPSA) is 95.9 Å². The molecule has 0 aromatic heterocycles. The van der Waals surface area contributed by atoms with E-state index in [4.69, 9.17) is 9.84 Å². The van der Waals surface area contributed by atoms with Crippen molar-refractivity contribution in [2.75, 3.05) is 26.7 Å². The number of amides is 2. The van der Waals surface area contributed by atoms with Gasteiger partial charge in [-0.2, -0.15) is 0 Å². The van der Waals surface area contributed by atoms with Gasteiger partial charge in [-0.25, -0.2) is 4.79 Å². The zero-order chi connectivity index (χ0) is 20.8. The van der Waals surface area contributed by atoms with E-state index in [0.717, 1.165) is 22.3 Å². The van der Waals surface area contributed by atoms with Crippen molar-refractivity contribution in [2.45, 2.75) is 18.8 Å². The van der Waals surface area contributed by atoms with Gasteiger partial charge in [-0.15, -0.1) is 0 Å². The Kier molecular flexibility index (Phi) is 6.49. The second-order valence-corrected chi connectivity index (χ2v) is 6.99. The molecule has 0 atom stereocenters. The van der Waals surface area contributed by atoms with E-state index in [1.165, 1.54) is 4.90 Å². The van der Waals surface area contributed by atoms with Crippen LogP contribution < -0.4 is 5.32 Å². The van der Waals surface area contributed by atoms with Crippen LogP contribution in [0.5, 0.6) is 0 Å². The Morgan fingerprint density at radius 1 is 1.03 bits per heavy atom. The predicted molar refractivity (Wildman–Crippen MR) is 108 cm³/mol. The lowest BCUT2D eigenvalue weighted by Gasteiger charge is -2.17. The van der Waals surface area contributed by atoms with Crippen LogP contribution in [0.15, 0.2) is 48.5 Å². The molecule has 29 heavy (non-hydrogen) atoms. The van der Waals surface area contributed by atoms with Crippen LogP contribution in [0.1, 0.15) is 29.9 Å². The number of hydrogen-bond donors (Lipinski definition) is 2. The minimum Gasteiger partial charge on any atom is -0.481 e. The molecular formula is C22H24N2O5. The van der Waals surface area contributed by atoms with E-state index < -0.39 is 12.1 Å². The molecule has 3 rings (SSSR count). The Hall–Kier alpha value is -3.35. The fourth-order valence-corrected chi connectivity index (χ4v) is 3.52. The first kappa shape index (κ1) is 20.4. The molecule has 0 spiro atoms. The van der Waals surface area contributed by atoms with Crippen molar-refractivity contribution >= 4 is 18.0 Å². The maximum Gasteiger partial charge on any atom is 0.407 e. The molecule has 7 heteroatoms. The number of aliphatic carboxylic acids is 1. The normalized spacial score (nSPS) is 12.0. The van der Waals surface area contributed by atoms with Gasteiger partial charge in [0.05, 0.1) is 0 Å². The van der Waals surface area contributed by atoms with E-state index >= 15 is 0 Å². The molecule has 152 valence electrons. The quantitative estimate of drug-likeness (QED) is 0.715. The summed E-state index contributed by atoms with van der Waals surface area (Å²) in [6.45, 7) is 0.306. The summed E-state index contributed by atoms with van der Waals surface area (Å²) in [7, 11) is 1.57. The third-order valence-corrected chi connectivity index (χ3v) is 5.04. The van der Waals surface area contributed by atoms with Gasteiger partial charge < -0.3 is 20.1 Å². The highest BCUT2D eigenvalue weighted by molar-refractivity contribution is 5.82. The Labute approximate surface area is 169 Å². The molecule has 2 amide bonds. The van der Waals surface area contributed by atoms with Crippen molar-refractivity contribution in [2.24, 2.45) is 0 Å². The summed E-state index contributed by atoms with van der Waals surface area (Å²) in [5.74, 6) is -1.24. The molecular weight excluding hydrogens is 372 g/mol. The van der Waals surface area contributed by atoms with Gasteiger partial charge in [0.2, 0.25) is 5.91 Å². The van der Waals surface area contributed by atoms with Crippen LogP contribution in [0.3, 0.4) is 0 Å². The smallest absolute Gasteiger partial charge is 0.407 e. The van der Waals surface area contributed by atoms with E-state index in [1.807, 2.05) is 36.4 Å². The fraction of sp³-hybridized carbons (Fsp3) is 0.318. The van der Waals surface area contributed by atoms with Crippen molar-refractivity contribution in [3.63, 3.8) is 0 Å². The average Bonchev–Trinajstić information content (AvgIpc) is 3.04. The van der Waals surface area contributed by atoms with Crippen LogP contribution in [0.2, 0.25) is 0 Å². The number of carbonyl (C=O) groups is 3. The van der Waals surface area contributed by atoms with Crippen LogP contribution in [0.4, 0.5) is 4.79 Å². The van der Waals surface area contributed by atoms with Crippen LogP contribution in [0.25, 0.3) is 11.1 Å². The SMILES string of the molecule is CN(CCCC(=O)O)C(=O)CNC(=O)OCC1c2ccccc2-c2ccccc21. The molecule has 1 aliphatic rings. The predicted octanol–water partition coefficient (Wildman–Crippen LogP) is 2.85. The van der Waals surface area contributed by atoms with Crippen molar-refractivity contribution in [1.29, 1.82) is 0 Å². The Balaban J connectivity index is 1.50. The number of nitrogens with one attached hydrogen (secondary N) is 1. The maximum absolute atomic E-state index is 12.1. The third-order valence-electron chi connectivity index (χ3n) is 5.04. The molecule has 2 aromatic carbocycles. The molecule has 0 heterocycles.